The smallest absolute Gasteiger partial charge is 0.416 e. The molecule has 1 rings (SSSR count). The summed E-state index contributed by atoms with van der Waals surface area (Å²) in [5.41, 5.74) is -0.570. The lowest BCUT2D eigenvalue weighted by atomic mass is 10.1. The number of hydrogen-bond acceptors (Lipinski definition) is 2. The molecule has 0 saturated carbocycles. The van der Waals surface area contributed by atoms with E-state index in [1.807, 2.05) is 0 Å². The molecule has 0 aliphatic carbocycles. The van der Waals surface area contributed by atoms with Crippen molar-refractivity contribution in [2.24, 2.45) is 0 Å². The molecule has 0 amide bonds. The molecule has 0 aliphatic heterocycles. The molecule has 0 aromatic heterocycles. The normalized spacial score (nSPS) is 11.5. The number of carbonyl (C=O) groups is 1. The quantitative estimate of drug-likeness (QED) is 0.829. The van der Waals surface area contributed by atoms with Crippen LogP contribution in [-0.4, -0.2) is 5.97 Å². The molecule has 0 unspecified atom stereocenters. The zero-order valence-corrected chi connectivity index (χ0v) is 8.85. The number of benzene rings is 1. The molecule has 0 fully saturated rings. The van der Waals surface area contributed by atoms with Crippen molar-refractivity contribution in [1.82, 2.24) is 0 Å². The summed E-state index contributed by atoms with van der Waals surface area (Å²) in [5.74, 6) is -1.34. The van der Waals surface area contributed by atoms with E-state index >= 15 is 0 Å². The van der Waals surface area contributed by atoms with Gasteiger partial charge in [0.25, 0.3) is 0 Å². The zero-order chi connectivity index (χ0) is 11.6. The van der Waals surface area contributed by atoms with Gasteiger partial charge in [-0.25, -0.2) is 0 Å². The molecule has 82 valence electrons. The molecular weight excluding hydrogens is 277 g/mol. The molecule has 2 nitrogen and oxygen atoms in total. The Bertz CT molecular complexity index is 387. The Morgan fingerprint density at radius 2 is 2.00 bits per heavy atom. The predicted octanol–water partition coefficient (Wildman–Crippen LogP) is 1.76. The van der Waals surface area contributed by atoms with Gasteiger partial charge in [0.15, 0.2) is 0 Å². The second-order valence-electron chi connectivity index (χ2n) is 2.85. The van der Waals surface area contributed by atoms with Crippen molar-refractivity contribution in [3.8, 4) is 0 Å². The molecule has 0 N–H and O–H groups in total. The summed E-state index contributed by atoms with van der Waals surface area (Å²) in [6.07, 6.45) is -4.85. The van der Waals surface area contributed by atoms with E-state index in [1.54, 1.807) is 0 Å². The van der Waals surface area contributed by atoms with E-state index in [0.29, 0.717) is 0 Å². The molecule has 0 heterocycles. The monoisotopic (exact) mass is 281 g/mol. The maximum atomic E-state index is 12.2. The standard InChI is InChI=1S/C9H6BrF3O2/c10-7-4-6(9(11,12)13)2-1-5(7)3-8(14)15/h1-2,4H,3H2,(H,14,15)/p-1. The summed E-state index contributed by atoms with van der Waals surface area (Å²) in [6, 6.07) is 2.80. The molecule has 0 atom stereocenters. The van der Waals surface area contributed by atoms with E-state index in [9.17, 15) is 23.1 Å². The van der Waals surface area contributed by atoms with E-state index in [2.05, 4.69) is 15.9 Å². The van der Waals surface area contributed by atoms with Crippen molar-refractivity contribution in [3.63, 3.8) is 0 Å². The molecule has 15 heavy (non-hydrogen) atoms. The summed E-state index contributed by atoms with van der Waals surface area (Å²) in [4.78, 5) is 10.2. The first-order valence-electron chi connectivity index (χ1n) is 3.86. The first-order valence-corrected chi connectivity index (χ1v) is 4.65. The fourth-order valence-corrected chi connectivity index (χ4v) is 1.54. The molecule has 6 heteroatoms. The van der Waals surface area contributed by atoms with Crippen molar-refractivity contribution < 1.29 is 23.1 Å². The van der Waals surface area contributed by atoms with Crippen molar-refractivity contribution in [1.29, 1.82) is 0 Å². The van der Waals surface area contributed by atoms with Crippen molar-refractivity contribution in [3.05, 3.63) is 33.8 Å². The van der Waals surface area contributed by atoms with Crippen molar-refractivity contribution >= 4 is 21.9 Å². The number of aliphatic carboxylic acids is 1. The summed E-state index contributed by atoms with van der Waals surface area (Å²) >= 11 is 2.88. The topological polar surface area (TPSA) is 40.1 Å². The highest BCUT2D eigenvalue weighted by Gasteiger charge is 2.30. The first-order chi connectivity index (χ1) is 6.80. The van der Waals surface area contributed by atoms with Crippen LogP contribution in [-0.2, 0) is 17.4 Å². The van der Waals surface area contributed by atoms with Gasteiger partial charge in [0, 0.05) is 16.9 Å². The van der Waals surface area contributed by atoms with E-state index < -0.39 is 24.1 Å². The number of rotatable bonds is 2. The molecule has 0 aliphatic rings. The highest BCUT2D eigenvalue weighted by Crippen LogP contribution is 2.32. The SMILES string of the molecule is O=C([O-])Cc1ccc(C(F)(F)F)cc1Br. The molecule has 0 spiro atoms. The van der Waals surface area contributed by atoms with Crippen LogP contribution < -0.4 is 5.11 Å². The average molecular weight is 282 g/mol. The lowest BCUT2D eigenvalue weighted by Gasteiger charge is -2.10. The van der Waals surface area contributed by atoms with Gasteiger partial charge in [-0.1, -0.05) is 22.0 Å². The molecule has 0 bridgehead atoms. The Hall–Kier alpha value is -1.04. The number of alkyl halides is 3. The molecule has 1 aromatic rings. The van der Waals surface area contributed by atoms with Crippen LogP contribution in [0.2, 0.25) is 0 Å². The van der Waals surface area contributed by atoms with Crippen LogP contribution in [0.5, 0.6) is 0 Å². The van der Waals surface area contributed by atoms with Gasteiger partial charge in [-0.15, -0.1) is 0 Å². The lowest BCUT2D eigenvalue weighted by molar-refractivity contribution is -0.304. The van der Waals surface area contributed by atoms with E-state index in [-0.39, 0.29) is 10.0 Å². The van der Waals surface area contributed by atoms with Crippen LogP contribution in [0, 0.1) is 0 Å². The van der Waals surface area contributed by atoms with Gasteiger partial charge in [-0.3, -0.25) is 0 Å². The average Bonchev–Trinajstić information content (AvgIpc) is 2.05. The Balaban J connectivity index is 3.03. The third-order valence-corrected chi connectivity index (χ3v) is 2.45. The summed E-state index contributed by atoms with van der Waals surface area (Å²) in [5, 5.41) is 10.2. The van der Waals surface area contributed by atoms with Crippen LogP contribution in [0.1, 0.15) is 11.1 Å². The second-order valence-corrected chi connectivity index (χ2v) is 3.71. The second kappa shape index (κ2) is 4.22. The largest absolute Gasteiger partial charge is 0.550 e. The molecule has 1 aromatic carbocycles. The number of carboxylic acid groups (broad SMARTS) is 1. The van der Waals surface area contributed by atoms with E-state index in [4.69, 9.17) is 0 Å². The highest BCUT2D eigenvalue weighted by molar-refractivity contribution is 9.10. The zero-order valence-electron chi connectivity index (χ0n) is 7.27. The number of carboxylic acids is 1. The fourth-order valence-electron chi connectivity index (χ4n) is 1.02. The number of carbonyl (C=O) groups excluding carboxylic acids is 1. The van der Waals surface area contributed by atoms with Gasteiger partial charge >= 0.3 is 6.18 Å². The van der Waals surface area contributed by atoms with Gasteiger partial charge in [0.2, 0.25) is 0 Å². The van der Waals surface area contributed by atoms with Gasteiger partial charge in [-0.05, 0) is 17.7 Å². The van der Waals surface area contributed by atoms with E-state index in [1.165, 1.54) is 0 Å². The number of halogens is 4. The summed E-state index contributed by atoms with van der Waals surface area (Å²) in [7, 11) is 0. The van der Waals surface area contributed by atoms with Crippen LogP contribution in [0.15, 0.2) is 22.7 Å². The third-order valence-electron chi connectivity index (χ3n) is 1.72. The molecular formula is C9H5BrF3O2-. The lowest BCUT2D eigenvalue weighted by Crippen LogP contribution is -2.24. The summed E-state index contributed by atoms with van der Waals surface area (Å²) in [6.45, 7) is 0. The minimum absolute atomic E-state index is 0.113. The predicted molar refractivity (Wildman–Crippen MR) is 47.9 cm³/mol. The minimum atomic E-state index is -4.43. The highest BCUT2D eigenvalue weighted by atomic mass is 79.9. The van der Waals surface area contributed by atoms with Gasteiger partial charge in [0.1, 0.15) is 0 Å². The Labute approximate surface area is 91.8 Å². The van der Waals surface area contributed by atoms with Crippen LogP contribution >= 0.6 is 15.9 Å². The van der Waals surface area contributed by atoms with Crippen LogP contribution in [0.4, 0.5) is 13.2 Å². The molecule has 0 saturated heterocycles. The van der Waals surface area contributed by atoms with Crippen LogP contribution in [0.25, 0.3) is 0 Å². The molecule has 0 radical (unpaired) electrons. The van der Waals surface area contributed by atoms with Crippen molar-refractivity contribution in [2.75, 3.05) is 0 Å². The Morgan fingerprint density at radius 1 is 1.40 bits per heavy atom. The van der Waals surface area contributed by atoms with Gasteiger partial charge in [0.05, 0.1) is 5.56 Å². The first kappa shape index (κ1) is 12.0. The van der Waals surface area contributed by atoms with Crippen molar-refractivity contribution in [2.45, 2.75) is 12.6 Å². The Kier molecular flexibility index (Phi) is 3.38. The maximum absolute atomic E-state index is 12.2. The third kappa shape index (κ3) is 3.23. The fraction of sp³-hybridized carbons (Fsp3) is 0.222. The van der Waals surface area contributed by atoms with Gasteiger partial charge < -0.3 is 9.90 Å². The summed E-state index contributed by atoms with van der Waals surface area (Å²) < 4.78 is 36.8. The van der Waals surface area contributed by atoms with Crippen LogP contribution in [0.3, 0.4) is 0 Å². The minimum Gasteiger partial charge on any atom is -0.550 e. The number of hydrogen-bond donors (Lipinski definition) is 0. The van der Waals surface area contributed by atoms with E-state index in [0.717, 1.165) is 18.2 Å². The van der Waals surface area contributed by atoms with Gasteiger partial charge in [-0.2, -0.15) is 13.2 Å². The maximum Gasteiger partial charge on any atom is 0.416 e. The Morgan fingerprint density at radius 3 is 2.40 bits per heavy atom.